The molecule has 176 valence electrons. The molecule has 0 radical (unpaired) electrons. The summed E-state index contributed by atoms with van der Waals surface area (Å²) in [6, 6.07) is 6.22. The van der Waals surface area contributed by atoms with Crippen molar-refractivity contribution >= 4 is 40.7 Å². The van der Waals surface area contributed by atoms with Crippen LogP contribution in [-0.2, 0) is 28.7 Å². The van der Waals surface area contributed by atoms with Crippen molar-refractivity contribution in [1.82, 2.24) is 4.90 Å². The van der Waals surface area contributed by atoms with Crippen LogP contribution in [0.1, 0.15) is 29.2 Å². The molecule has 2 aromatic carbocycles. The van der Waals surface area contributed by atoms with Gasteiger partial charge in [0.25, 0.3) is 5.91 Å². The van der Waals surface area contributed by atoms with Crippen LogP contribution in [0.3, 0.4) is 0 Å². The van der Waals surface area contributed by atoms with Crippen molar-refractivity contribution in [3.8, 4) is 6.07 Å². The number of fused-ring (bicyclic) bond motifs is 2. The maximum atomic E-state index is 14.5. The summed E-state index contributed by atoms with van der Waals surface area (Å²) in [7, 11) is 0. The van der Waals surface area contributed by atoms with E-state index in [1.807, 2.05) is 0 Å². The number of rotatable bonds is 3. The first-order valence-corrected chi connectivity index (χ1v) is 10.5. The van der Waals surface area contributed by atoms with Gasteiger partial charge in [-0.15, -0.1) is 0 Å². The Morgan fingerprint density at radius 1 is 1.29 bits per heavy atom. The molecule has 0 spiro atoms. The molecule has 0 saturated carbocycles. The highest BCUT2D eigenvalue weighted by Crippen LogP contribution is 2.38. The van der Waals surface area contributed by atoms with Gasteiger partial charge in [0, 0.05) is 13.0 Å². The molecule has 2 heterocycles. The average Bonchev–Trinajstić information content (AvgIpc) is 3.01. The number of anilines is 2. The Labute approximate surface area is 196 Å². The number of amides is 2. The van der Waals surface area contributed by atoms with E-state index in [1.165, 1.54) is 29.2 Å². The fourth-order valence-corrected chi connectivity index (χ4v) is 4.40. The van der Waals surface area contributed by atoms with E-state index in [-0.39, 0.29) is 36.1 Å². The van der Waals surface area contributed by atoms with E-state index in [9.17, 15) is 27.2 Å². The highest BCUT2D eigenvalue weighted by molar-refractivity contribution is 7.80. The molecule has 2 aliphatic rings. The number of nitrogens with one attached hydrogen (secondary N) is 1. The van der Waals surface area contributed by atoms with Crippen LogP contribution in [0.4, 0.5) is 33.7 Å². The molecule has 34 heavy (non-hydrogen) atoms. The topological polar surface area (TPSA) is 85.7 Å². The molecule has 1 N–H and O–H groups in total. The monoisotopic (exact) mass is 492 g/mol. The normalized spacial score (nSPS) is 17.2. The fourth-order valence-electron chi connectivity index (χ4n) is 4.02. The fraction of sp³-hybridized carbons (Fsp3) is 0.273. The summed E-state index contributed by atoms with van der Waals surface area (Å²) in [5, 5.41) is 11.3. The van der Waals surface area contributed by atoms with Crippen LogP contribution in [-0.4, -0.2) is 34.7 Å². The van der Waals surface area contributed by atoms with Crippen LogP contribution in [0.15, 0.2) is 30.3 Å². The van der Waals surface area contributed by atoms with E-state index < -0.39 is 41.2 Å². The molecule has 1 saturated heterocycles. The molecule has 2 aromatic rings. The minimum Gasteiger partial charge on any atom is -0.450 e. The van der Waals surface area contributed by atoms with Crippen LogP contribution in [0.5, 0.6) is 0 Å². The van der Waals surface area contributed by atoms with E-state index >= 15 is 0 Å². The summed E-state index contributed by atoms with van der Waals surface area (Å²) in [5.41, 5.74) is -0.857. The third-order valence-electron chi connectivity index (χ3n) is 5.56. The Morgan fingerprint density at radius 3 is 2.68 bits per heavy atom. The lowest BCUT2D eigenvalue weighted by Crippen LogP contribution is -2.40. The van der Waals surface area contributed by atoms with Crippen molar-refractivity contribution in [3.05, 3.63) is 58.4 Å². The maximum Gasteiger partial charge on any atom is 0.417 e. The van der Waals surface area contributed by atoms with Gasteiger partial charge in [-0.05, 0) is 60.6 Å². The van der Waals surface area contributed by atoms with Crippen LogP contribution in [0.2, 0.25) is 0 Å². The third-order valence-corrected chi connectivity index (χ3v) is 5.98. The van der Waals surface area contributed by atoms with Gasteiger partial charge in [-0.2, -0.15) is 18.4 Å². The molecular weight excluding hydrogens is 476 g/mol. The van der Waals surface area contributed by atoms with E-state index in [2.05, 4.69) is 5.32 Å². The van der Waals surface area contributed by atoms with Crippen LogP contribution >= 0.6 is 12.2 Å². The molecule has 7 nitrogen and oxygen atoms in total. The largest absolute Gasteiger partial charge is 0.450 e. The maximum absolute atomic E-state index is 14.5. The van der Waals surface area contributed by atoms with Crippen molar-refractivity contribution in [1.29, 1.82) is 5.26 Å². The molecule has 0 aliphatic carbocycles. The van der Waals surface area contributed by atoms with Crippen molar-refractivity contribution in [2.75, 3.05) is 16.8 Å². The number of carbonyl (C=O) groups is 2. The second kappa shape index (κ2) is 8.57. The van der Waals surface area contributed by atoms with Gasteiger partial charge in [-0.3, -0.25) is 15.0 Å². The molecule has 0 bridgehead atoms. The number of benzene rings is 2. The molecule has 12 heteroatoms. The van der Waals surface area contributed by atoms with Gasteiger partial charge >= 0.3 is 12.3 Å². The number of alkyl halides is 3. The number of hydrogen-bond acceptors (Lipinski definition) is 5. The summed E-state index contributed by atoms with van der Waals surface area (Å²) in [6.45, 7) is 1.79. The summed E-state index contributed by atoms with van der Waals surface area (Å²) in [4.78, 5) is 27.3. The first-order valence-electron chi connectivity index (χ1n) is 10.1. The van der Waals surface area contributed by atoms with Crippen LogP contribution < -0.4 is 10.2 Å². The predicted octanol–water partition coefficient (Wildman–Crippen LogP) is 4.34. The van der Waals surface area contributed by atoms with Gasteiger partial charge < -0.3 is 9.64 Å². The molecule has 1 atom stereocenters. The molecule has 1 fully saturated rings. The lowest BCUT2D eigenvalue weighted by molar-refractivity contribution is -0.137. The number of ether oxygens (including phenoxy) is 1. The standard InChI is InChI=1S/C22H16F4N4O3S/c1-2-33-20(32)28-17-6-13-10-29-18(7-12(13)5-16(17)23)19(31)30(21(29)34)14-4-3-11(9-27)15(8-14)22(24,25)26/h3-6,8,18H,2,7,10H2,1H3,(H,28,32). The Bertz CT molecular complexity index is 1260. The van der Waals surface area contributed by atoms with Crippen molar-refractivity contribution < 1.29 is 31.9 Å². The van der Waals surface area contributed by atoms with Crippen LogP contribution in [0, 0.1) is 17.1 Å². The Balaban J connectivity index is 1.65. The van der Waals surface area contributed by atoms with E-state index in [0.29, 0.717) is 11.1 Å². The quantitative estimate of drug-likeness (QED) is 0.507. The molecule has 0 aromatic heterocycles. The Hall–Kier alpha value is -3.72. The lowest BCUT2D eigenvalue weighted by Gasteiger charge is -2.30. The number of nitrogens with zero attached hydrogens (tertiary/aromatic N) is 3. The average molecular weight is 492 g/mol. The third kappa shape index (κ3) is 4.03. The zero-order chi connectivity index (χ0) is 24.8. The van der Waals surface area contributed by atoms with E-state index in [1.54, 1.807) is 6.92 Å². The summed E-state index contributed by atoms with van der Waals surface area (Å²) >= 11 is 5.41. The SMILES string of the molecule is CCOC(=O)Nc1cc2c(cc1F)CC1C(=O)N(c3ccc(C#N)c(C(F)(F)F)c3)C(=S)N1C2. The number of carbonyl (C=O) groups excluding carboxylic acids is 2. The van der Waals surface area contributed by atoms with Gasteiger partial charge in [-0.25, -0.2) is 9.18 Å². The predicted molar refractivity (Wildman–Crippen MR) is 116 cm³/mol. The molecule has 2 aliphatic heterocycles. The highest BCUT2D eigenvalue weighted by atomic mass is 32.1. The zero-order valence-corrected chi connectivity index (χ0v) is 18.4. The smallest absolute Gasteiger partial charge is 0.417 e. The van der Waals surface area contributed by atoms with Crippen molar-refractivity contribution in [3.63, 3.8) is 0 Å². The number of thiocarbonyl (C=S) groups is 1. The van der Waals surface area contributed by atoms with Crippen LogP contribution in [0.25, 0.3) is 0 Å². The molecular formula is C22H16F4N4O3S. The van der Waals surface area contributed by atoms with Gasteiger partial charge in [0.05, 0.1) is 35.2 Å². The Morgan fingerprint density at radius 2 is 2.03 bits per heavy atom. The second-order valence-corrected chi connectivity index (χ2v) is 7.95. The summed E-state index contributed by atoms with van der Waals surface area (Å²) in [5.74, 6) is -1.27. The summed E-state index contributed by atoms with van der Waals surface area (Å²) < 4.78 is 59.5. The highest BCUT2D eigenvalue weighted by Gasteiger charge is 2.46. The lowest BCUT2D eigenvalue weighted by atomic mass is 9.94. The number of nitriles is 1. The molecule has 4 rings (SSSR count). The molecule has 2 amide bonds. The zero-order valence-electron chi connectivity index (χ0n) is 17.6. The van der Waals surface area contributed by atoms with Gasteiger partial charge in [0.1, 0.15) is 11.9 Å². The first kappa shape index (κ1) is 23.4. The minimum atomic E-state index is -4.80. The minimum absolute atomic E-state index is 0.0114. The summed E-state index contributed by atoms with van der Waals surface area (Å²) in [6.07, 6.45) is -5.55. The number of halogens is 4. The van der Waals surface area contributed by atoms with Gasteiger partial charge in [0.2, 0.25) is 0 Å². The van der Waals surface area contributed by atoms with Gasteiger partial charge in [0.15, 0.2) is 5.11 Å². The Kier molecular flexibility index (Phi) is 5.91. The van der Waals surface area contributed by atoms with Crippen molar-refractivity contribution in [2.45, 2.75) is 32.1 Å². The number of hydrogen-bond donors (Lipinski definition) is 1. The van der Waals surface area contributed by atoms with E-state index in [4.69, 9.17) is 22.2 Å². The van der Waals surface area contributed by atoms with Gasteiger partial charge in [-0.1, -0.05) is 0 Å². The van der Waals surface area contributed by atoms with Crippen molar-refractivity contribution in [2.24, 2.45) is 0 Å². The first-order chi connectivity index (χ1) is 16.0. The second-order valence-electron chi connectivity index (χ2n) is 7.59. The molecule has 1 unspecified atom stereocenters. The van der Waals surface area contributed by atoms with E-state index in [0.717, 1.165) is 17.0 Å².